The lowest BCUT2D eigenvalue weighted by Gasteiger charge is -2.42. The Bertz CT molecular complexity index is 231. The third-order valence-electron chi connectivity index (χ3n) is 2.65. The maximum Gasteiger partial charge on any atom is 0.408 e. The number of halogens is 1. The maximum atomic E-state index is 12.3. The summed E-state index contributed by atoms with van der Waals surface area (Å²) in [7, 11) is 0. The van der Waals surface area contributed by atoms with Crippen LogP contribution in [0.4, 0.5) is 9.18 Å². The molecule has 0 heterocycles. The van der Waals surface area contributed by atoms with Crippen LogP contribution in [-0.2, 0) is 4.74 Å². The third-order valence-corrected chi connectivity index (χ3v) is 2.65. The molecule has 0 aromatic carbocycles. The van der Waals surface area contributed by atoms with E-state index in [0.717, 1.165) is 19.3 Å². The molecule has 0 saturated heterocycles. The van der Waals surface area contributed by atoms with Crippen molar-refractivity contribution in [1.29, 1.82) is 0 Å². The lowest BCUT2D eigenvalue weighted by molar-refractivity contribution is 0.0362. The molecule has 0 bridgehead atoms. The number of alkyl carbamates (subject to hydrolysis) is 1. The van der Waals surface area contributed by atoms with E-state index in [0.29, 0.717) is 6.42 Å². The number of nitrogens with one attached hydrogen (secondary N) is 1. The van der Waals surface area contributed by atoms with Crippen LogP contribution in [0.3, 0.4) is 0 Å². The summed E-state index contributed by atoms with van der Waals surface area (Å²) in [5, 5.41) is 2.79. The van der Waals surface area contributed by atoms with E-state index in [1.807, 2.05) is 20.8 Å². The quantitative estimate of drug-likeness (QED) is 0.789. The van der Waals surface area contributed by atoms with Gasteiger partial charge in [0.05, 0.1) is 6.67 Å². The summed E-state index contributed by atoms with van der Waals surface area (Å²) in [6.07, 6.45) is 2.73. The van der Waals surface area contributed by atoms with Gasteiger partial charge in [0.15, 0.2) is 0 Å². The zero-order valence-corrected chi connectivity index (χ0v) is 9.73. The van der Waals surface area contributed by atoms with E-state index in [1.165, 1.54) is 0 Å². The molecular formula is C11H20FNO2. The van der Waals surface area contributed by atoms with Gasteiger partial charge in [-0.3, -0.25) is 4.39 Å². The fraction of sp³-hybridized carbons (Fsp3) is 0.909. The van der Waals surface area contributed by atoms with E-state index in [1.54, 1.807) is 0 Å². The van der Waals surface area contributed by atoms with Crippen LogP contribution in [0.15, 0.2) is 0 Å². The first-order valence-electron chi connectivity index (χ1n) is 5.44. The molecule has 1 aliphatic rings. The van der Waals surface area contributed by atoms with Crippen LogP contribution in [0, 0.1) is 0 Å². The lowest BCUT2D eigenvalue weighted by Crippen LogP contribution is -2.54. The van der Waals surface area contributed by atoms with Crippen LogP contribution in [-0.4, -0.2) is 23.9 Å². The smallest absolute Gasteiger partial charge is 0.408 e. The average Bonchev–Trinajstić information content (AvgIpc) is 1.96. The number of ether oxygens (including phenoxy) is 1. The van der Waals surface area contributed by atoms with E-state index >= 15 is 0 Å². The van der Waals surface area contributed by atoms with Gasteiger partial charge >= 0.3 is 6.09 Å². The SMILES string of the molecule is CC(C)(C)OC(=O)NC1(CCF)CCC1. The highest BCUT2D eigenvalue weighted by atomic mass is 19.1. The Morgan fingerprint density at radius 3 is 2.40 bits per heavy atom. The summed E-state index contributed by atoms with van der Waals surface area (Å²) in [5.41, 5.74) is -0.832. The van der Waals surface area contributed by atoms with Crippen LogP contribution >= 0.6 is 0 Å². The molecule has 88 valence electrons. The summed E-state index contributed by atoms with van der Waals surface area (Å²) in [6.45, 7) is 5.05. The van der Waals surface area contributed by atoms with Crippen molar-refractivity contribution < 1.29 is 13.9 Å². The Hall–Kier alpha value is -0.800. The first-order valence-corrected chi connectivity index (χ1v) is 5.44. The van der Waals surface area contributed by atoms with Crippen LogP contribution in [0.5, 0.6) is 0 Å². The Kier molecular flexibility index (Phi) is 3.58. The number of hydrogen-bond acceptors (Lipinski definition) is 2. The van der Waals surface area contributed by atoms with Crippen molar-refractivity contribution in [2.75, 3.05) is 6.67 Å². The van der Waals surface area contributed by atoms with E-state index < -0.39 is 18.4 Å². The predicted molar refractivity (Wildman–Crippen MR) is 56.5 cm³/mol. The second-order valence-corrected chi connectivity index (χ2v) is 5.20. The Morgan fingerprint density at radius 1 is 1.47 bits per heavy atom. The molecule has 1 aliphatic carbocycles. The highest BCUT2D eigenvalue weighted by molar-refractivity contribution is 5.69. The fourth-order valence-electron chi connectivity index (χ4n) is 1.74. The number of hydrogen-bond donors (Lipinski definition) is 1. The predicted octanol–water partition coefficient (Wildman–Crippen LogP) is 2.79. The molecular weight excluding hydrogens is 197 g/mol. The van der Waals surface area contributed by atoms with Gasteiger partial charge in [-0.2, -0.15) is 0 Å². The van der Waals surface area contributed by atoms with Crippen LogP contribution in [0.1, 0.15) is 46.5 Å². The molecule has 0 aromatic rings. The number of carbonyl (C=O) groups is 1. The molecule has 0 aliphatic heterocycles. The average molecular weight is 217 g/mol. The summed E-state index contributed by atoms with van der Waals surface area (Å²) >= 11 is 0. The highest BCUT2D eigenvalue weighted by Crippen LogP contribution is 2.35. The van der Waals surface area contributed by atoms with Gasteiger partial charge in [-0.05, 0) is 46.5 Å². The second kappa shape index (κ2) is 4.37. The maximum absolute atomic E-state index is 12.3. The van der Waals surface area contributed by atoms with Gasteiger partial charge in [-0.15, -0.1) is 0 Å². The van der Waals surface area contributed by atoms with E-state index in [4.69, 9.17) is 4.74 Å². The van der Waals surface area contributed by atoms with Gasteiger partial charge in [0.25, 0.3) is 0 Å². The number of carbonyl (C=O) groups excluding carboxylic acids is 1. The molecule has 0 unspecified atom stereocenters. The third kappa shape index (κ3) is 3.68. The standard InChI is InChI=1S/C11H20FNO2/c1-10(2,3)15-9(14)13-11(7-8-12)5-4-6-11/h4-8H2,1-3H3,(H,13,14). The molecule has 1 amide bonds. The van der Waals surface area contributed by atoms with Crippen molar-refractivity contribution in [2.24, 2.45) is 0 Å². The summed E-state index contributed by atoms with van der Waals surface area (Å²) in [6, 6.07) is 0. The highest BCUT2D eigenvalue weighted by Gasteiger charge is 2.38. The molecule has 4 heteroatoms. The summed E-state index contributed by atoms with van der Waals surface area (Å²) in [4.78, 5) is 11.5. The minimum atomic E-state index is -0.495. The van der Waals surface area contributed by atoms with E-state index in [9.17, 15) is 9.18 Å². The Labute approximate surface area is 90.4 Å². The number of alkyl halides is 1. The molecule has 1 saturated carbocycles. The molecule has 1 fully saturated rings. The van der Waals surface area contributed by atoms with Crippen molar-refractivity contribution in [1.82, 2.24) is 5.32 Å². The normalized spacial score (nSPS) is 19.2. The first-order chi connectivity index (χ1) is 6.87. The Morgan fingerprint density at radius 2 is 2.07 bits per heavy atom. The van der Waals surface area contributed by atoms with Crippen molar-refractivity contribution in [3.05, 3.63) is 0 Å². The molecule has 1 N–H and O–H groups in total. The first kappa shape index (κ1) is 12.3. The number of amides is 1. The minimum Gasteiger partial charge on any atom is -0.444 e. The molecule has 1 rings (SSSR count). The van der Waals surface area contributed by atoms with Crippen molar-refractivity contribution >= 4 is 6.09 Å². The summed E-state index contributed by atoms with van der Waals surface area (Å²) in [5.74, 6) is 0. The second-order valence-electron chi connectivity index (χ2n) is 5.20. The molecule has 0 radical (unpaired) electrons. The van der Waals surface area contributed by atoms with Gasteiger partial charge in [0, 0.05) is 5.54 Å². The van der Waals surface area contributed by atoms with Crippen molar-refractivity contribution in [2.45, 2.75) is 57.6 Å². The zero-order valence-electron chi connectivity index (χ0n) is 9.73. The Balaban J connectivity index is 2.42. The molecule has 0 spiro atoms. The lowest BCUT2D eigenvalue weighted by atomic mass is 9.75. The molecule has 0 aromatic heterocycles. The van der Waals surface area contributed by atoms with Crippen molar-refractivity contribution in [3.8, 4) is 0 Å². The zero-order chi connectivity index (χ0) is 11.5. The van der Waals surface area contributed by atoms with Crippen LogP contribution in [0.2, 0.25) is 0 Å². The van der Waals surface area contributed by atoms with Crippen molar-refractivity contribution in [3.63, 3.8) is 0 Å². The monoisotopic (exact) mass is 217 g/mol. The van der Waals surface area contributed by atoms with Crippen LogP contribution in [0.25, 0.3) is 0 Å². The number of rotatable bonds is 3. The summed E-state index contributed by atoms with van der Waals surface area (Å²) < 4.78 is 17.4. The topological polar surface area (TPSA) is 38.3 Å². The van der Waals surface area contributed by atoms with Crippen LogP contribution < -0.4 is 5.32 Å². The molecule has 15 heavy (non-hydrogen) atoms. The minimum absolute atomic E-state index is 0.336. The van der Waals surface area contributed by atoms with Gasteiger partial charge in [0.1, 0.15) is 5.60 Å². The fourth-order valence-corrected chi connectivity index (χ4v) is 1.74. The van der Waals surface area contributed by atoms with Gasteiger partial charge < -0.3 is 10.1 Å². The largest absolute Gasteiger partial charge is 0.444 e. The van der Waals surface area contributed by atoms with Gasteiger partial charge in [0.2, 0.25) is 0 Å². The van der Waals surface area contributed by atoms with E-state index in [-0.39, 0.29) is 5.54 Å². The van der Waals surface area contributed by atoms with Gasteiger partial charge in [-0.1, -0.05) is 0 Å². The van der Waals surface area contributed by atoms with Gasteiger partial charge in [-0.25, -0.2) is 4.79 Å². The molecule has 3 nitrogen and oxygen atoms in total. The van der Waals surface area contributed by atoms with E-state index in [2.05, 4.69) is 5.32 Å². The molecule has 0 atom stereocenters.